The molecule has 18 heavy (non-hydrogen) atoms. The van der Waals surface area contributed by atoms with Crippen molar-refractivity contribution in [2.24, 2.45) is 5.84 Å². The Morgan fingerprint density at radius 3 is 2.50 bits per heavy atom. The molecule has 0 radical (unpaired) electrons. The fraction of sp³-hybridized carbons (Fsp3) is 0.455. The van der Waals surface area contributed by atoms with Crippen LogP contribution in [0.1, 0.15) is 18.0 Å². The largest absolute Gasteiger partial charge is 0.411 e. The first-order chi connectivity index (χ1) is 8.44. The first kappa shape index (κ1) is 14.9. The average Bonchev–Trinajstić information content (AvgIpc) is 2.29. The van der Waals surface area contributed by atoms with Crippen molar-refractivity contribution in [1.29, 1.82) is 0 Å². The molecule has 0 aromatic heterocycles. The molecule has 1 rings (SSSR count). The van der Waals surface area contributed by atoms with Gasteiger partial charge in [0.25, 0.3) is 0 Å². The van der Waals surface area contributed by atoms with Crippen LogP contribution in [-0.4, -0.2) is 19.4 Å². The lowest BCUT2D eigenvalue weighted by molar-refractivity contribution is -0.174. The smallest absolute Gasteiger partial charge is 0.372 e. The van der Waals surface area contributed by atoms with Crippen LogP contribution in [0, 0.1) is 5.82 Å². The number of ether oxygens (including phenoxy) is 1. The monoisotopic (exact) mass is 266 g/mol. The lowest BCUT2D eigenvalue weighted by atomic mass is 10.0. The molecule has 1 unspecified atom stereocenters. The third-order valence-corrected chi connectivity index (χ3v) is 2.30. The molecule has 7 heteroatoms. The summed E-state index contributed by atoms with van der Waals surface area (Å²) in [5.41, 5.74) is 2.66. The predicted molar refractivity (Wildman–Crippen MR) is 58.0 cm³/mol. The second kappa shape index (κ2) is 6.67. The molecule has 0 amide bonds. The van der Waals surface area contributed by atoms with Gasteiger partial charge in [0.2, 0.25) is 0 Å². The van der Waals surface area contributed by atoms with E-state index in [0.29, 0.717) is 5.56 Å². The Kier molecular flexibility index (Phi) is 5.52. The van der Waals surface area contributed by atoms with Crippen LogP contribution in [0.5, 0.6) is 0 Å². The molecular weight excluding hydrogens is 252 g/mol. The lowest BCUT2D eigenvalue weighted by Crippen LogP contribution is -2.30. The van der Waals surface area contributed by atoms with E-state index in [-0.39, 0.29) is 13.0 Å². The number of nitrogens with one attached hydrogen (secondary N) is 1. The van der Waals surface area contributed by atoms with Gasteiger partial charge in [-0.2, -0.15) is 13.2 Å². The zero-order valence-electron chi connectivity index (χ0n) is 9.51. The third-order valence-electron chi connectivity index (χ3n) is 2.30. The number of halogens is 4. The molecular formula is C11H14F4N2O. The van der Waals surface area contributed by atoms with Gasteiger partial charge >= 0.3 is 6.18 Å². The molecule has 0 heterocycles. The quantitative estimate of drug-likeness (QED) is 0.359. The van der Waals surface area contributed by atoms with Crippen LogP contribution in [0.15, 0.2) is 24.3 Å². The van der Waals surface area contributed by atoms with Crippen molar-refractivity contribution in [1.82, 2.24) is 5.43 Å². The molecule has 0 aliphatic heterocycles. The standard InChI is InChI=1S/C11H14F4N2O/c12-9-4-2-1-3-8(9)10(17-16)5-6-18-7-11(13,14)15/h1-4,10,17H,5-7,16H2. The van der Waals surface area contributed by atoms with E-state index in [1.807, 2.05) is 0 Å². The highest BCUT2D eigenvalue weighted by molar-refractivity contribution is 5.20. The van der Waals surface area contributed by atoms with Crippen LogP contribution in [0.2, 0.25) is 0 Å². The minimum atomic E-state index is -4.36. The van der Waals surface area contributed by atoms with Gasteiger partial charge in [-0.15, -0.1) is 0 Å². The van der Waals surface area contributed by atoms with Crippen molar-refractivity contribution in [2.45, 2.75) is 18.6 Å². The van der Waals surface area contributed by atoms with Crippen molar-refractivity contribution >= 4 is 0 Å². The Morgan fingerprint density at radius 1 is 1.28 bits per heavy atom. The van der Waals surface area contributed by atoms with Gasteiger partial charge in [0.1, 0.15) is 12.4 Å². The third kappa shape index (κ3) is 4.99. The van der Waals surface area contributed by atoms with Crippen molar-refractivity contribution in [3.05, 3.63) is 35.6 Å². The number of hydrogen-bond acceptors (Lipinski definition) is 3. The van der Waals surface area contributed by atoms with Crippen LogP contribution in [0.25, 0.3) is 0 Å². The zero-order chi connectivity index (χ0) is 13.6. The van der Waals surface area contributed by atoms with E-state index in [9.17, 15) is 17.6 Å². The number of hydrazine groups is 1. The minimum Gasteiger partial charge on any atom is -0.372 e. The fourth-order valence-electron chi connectivity index (χ4n) is 1.48. The van der Waals surface area contributed by atoms with Crippen LogP contribution < -0.4 is 11.3 Å². The van der Waals surface area contributed by atoms with Gasteiger partial charge in [-0.05, 0) is 12.5 Å². The van der Waals surface area contributed by atoms with Gasteiger partial charge in [0, 0.05) is 12.2 Å². The maximum absolute atomic E-state index is 13.4. The van der Waals surface area contributed by atoms with Crippen LogP contribution in [0.3, 0.4) is 0 Å². The van der Waals surface area contributed by atoms with Gasteiger partial charge < -0.3 is 4.74 Å². The lowest BCUT2D eigenvalue weighted by Gasteiger charge is -2.17. The van der Waals surface area contributed by atoms with Crippen molar-refractivity contribution in [3.63, 3.8) is 0 Å². The molecule has 0 bridgehead atoms. The fourth-order valence-corrected chi connectivity index (χ4v) is 1.48. The Balaban J connectivity index is 2.46. The van der Waals surface area contributed by atoms with Crippen molar-refractivity contribution in [3.8, 4) is 0 Å². The number of rotatable bonds is 6. The Bertz CT molecular complexity index is 370. The SMILES string of the molecule is NNC(CCOCC(F)(F)F)c1ccccc1F. The van der Waals surface area contributed by atoms with E-state index in [4.69, 9.17) is 5.84 Å². The van der Waals surface area contributed by atoms with Crippen molar-refractivity contribution in [2.75, 3.05) is 13.2 Å². The topological polar surface area (TPSA) is 47.3 Å². The highest BCUT2D eigenvalue weighted by Gasteiger charge is 2.27. The van der Waals surface area contributed by atoms with Gasteiger partial charge in [0.05, 0.1) is 6.04 Å². The second-order valence-corrected chi connectivity index (χ2v) is 3.70. The average molecular weight is 266 g/mol. The highest BCUT2D eigenvalue weighted by atomic mass is 19.4. The number of nitrogens with two attached hydrogens (primary N) is 1. The van der Waals surface area contributed by atoms with Gasteiger partial charge in [0.15, 0.2) is 0 Å². The Labute approximate surface area is 102 Å². The minimum absolute atomic E-state index is 0.146. The molecule has 1 atom stereocenters. The van der Waals surface area contributed by atoms with E-state index in [2.05, 4.69) is 10.2 Å². The summed E-state index contributed by atoms with van der Waals surface area (Å²) in [6.07, 6.45) is -4.21. The van der Waals surface area contributed by atoms with E-state index in [1.54, 1.807) is 6.07 Å². The molecule has 1 aromatic carbocycles. The number of hydrogen-bond donors (Lipinski definition) is 2. The Morgan fingerprint density at radius 2 is 1.94 bits per heavy atom. The first-order valence-corrected chi connectivity index (χ1v) is 5.29. The van der Waals surface area contributed by atoms with Gasteiger partial charge in [-0.3, -0.25) is 11.3 Å². The summed E-state index contributed by atoms with van der Waals surface area (Å²) in [5.74, 6) is 4.79. The summed E-state index contributed by atoms with van der Waals surface area (Å²) in [4.78, 5) is 0. The van der Waals surface area contributed by atoms with Crippen LogP contribution in [0.4, 0.5) is 17.6 Å². The van der Waals surface area contributed by atoms with E-state index < -0.39 is 24.6 Å². The molecule has 3 N–H and O–H groups in total. The molecule has 3 nitrogen and oxygen atoms in total. The van der Waals surface area contributed by atoms with Crippen molar-refractivity contribution < 1.29 is 22.3 Å². The molecule has 1 aromatic rings. The normalized spacial score (nSPS) is 13.6. The molecule has 0 fully saturated rings. The summed E-state index contributed by atoms with van der Waals surface area (Å²) in [6, 6.07) is 5.34. The summed E-state index contributed by atoms with van der Waals surface area (Å²) in [6.45, 7) is -1.48. The molecule has 102 valence electrons. The molecule has 0 aliphatic rings. The highest BCUT2D eigenvalue weighted by Crippen LogP contribution is 2.20. The summed E-state index contributed by atoms with van der Waals surface area (Å²) in [7, 11) is 0. The second-order valence-electron chi connectivity index (χ2n) is 3.70. The van der Waals surface area contributed by atoms with Gasteiger partial charge in [-0.25, -0.2) is 4.39 Å². The van der Waals surface area contributed by atoms with E-state index in [1.165, 1.54) is 18.2 Å². The zero-order valence-corrected chi connectivity index (χ0v) is 9.51. The molecule has 0 saturated carbocycles. The van der Waals surface area contributed by atoms with Gasteiger partial charge in [-0.1, -0.05) is 18.2 Å². The van der Waals surface area contributed by atoms with E-state index >= 15 is 0 Å². The predicted octanol–water partition coefficient (Wildman–Crippen LogP) is 2.30. The summed E-state index contributed by atoms with van der Waals surface area (Å²) < 4.78 is 53.3. The maximum Gasteiger partial charge on any atom is 0.411 e. The first-order valence-electron chi connectivity index (χ1n) is 5.29. The molecule has 0 spiro atoms. The van der Waals surface area contributed by atoms with Crippen LogP contribution in [-0.2, 0) is 4.74 Å². The number of benzene rings is 1. The van der Waals surface area contributed by atoms with E-state index in [0.717, 1.165) is 0 Å². The molecule has 0 aliphatic carbocycles. The summed E-state index contributed by atoms with van der Waals surface area (Å²) in [5, 5.41) is 0. The van der Waals surface area contributed by atoms with Crippen LogP contribution >= 0.6 is 0 Å². The maximum atomic E-state index is 13.4. The molecule has 0 saturated heterocycles. The number of alkyl halides is 3. The Hall–Kier alpha value is -1.18. The summed E-state index contributed by atoms with van der Waals surface area (Å²) >= 11 is 0.